The summed E-state index contributed by atoms with van der Waals surface area (Å²) in [6.07, 6.45) is 0. The number of ether oxygens (including phenoxy) is 1. The van der Waals surface area contributed by atoms with Crippen molar-refractivity contribution in [3.8, 4) is 5.75 Å². The van der Waals surface area contributed by atoms with E-state index in [1.165, 1.54) is 0 Å². The van der Waals surface area contributed by atoms with Crippen LogP contribution in [-0.2, 0) is 6.54 Å². The summed E-state index contributed by atoms with van der Waals surface area (Å²) < 4.78 is 5.53. The smallest absolute Gasteiger partial charge is 0.123 e. The van der Waals surface area contributed by atoms with E-state index >= 15 is 0 Å². The fraction of sp³-hybridized carbons (Fsp3) is 0.538. The highest BCUT2D eigenvalue weighted by Crippen LogP contribution is 2.23. The van der Waals surface area contributed by atoms with Gasteiger partial charge < -0.3 is 15.2 Å². The predicted molar refractivity (Wildman–Crippen MR) is 70.6 cm³/mol. The van der Waals surface area contributed by atoms with Gasteiger partial charge in [0.05, 0.1) is 13.2 Å². The first-order valence-electron chi connectivity index (χ1n) is 5.75. The Kier molecular flexibility index (Phi) is 5.25. The molecule has 0 unspecified atom stereocenters. The predicted octanol–water partition coefficient (Wildman–Crippen LogP) is 2.60. The Morgan fingerprint density at radius 2 is 2.12 bits per heavy atom. The topological polar surface area (TPSA) is 41.5 Å². The Labute approximate surface area is 108 Å². The van der Waals surface area contributed by atoms with Crippen molar-refractivity contribution in [1.82, 2.24) is 5.32 Å². The summed E-state index contributed by atoms with van der Waals surface area (Å²) in [6.45, 7) is 7.15. The van der Waals surface area contributed by atoms with Crippen molar-refractivity contribution in [3.63, 3.8) is 0 Å². The molecule has 3 nitrogen and oxygen atoms in total. The molecule has 0 aliphatic heterocycles. The summed E-state index contributed by atoms with van der Waals surface area (Å²) in [5.74, 6) is 0.832. The SMILES string of the molecule is CCOc1ccc(Cl)cc1CNC(C)(C)CO. The van der Waals surface area contributed by atoms with Gasteiger partial charge in [0.2, 0.25) is 0 Å². The van der Waals surface area contributed by atoms with Crippen molar-refractivity contribution in [3.05, 3.63) is 28.8 Å². The number of aliphatic hydroxyl groups is 1. The molecule has 1 aromatic rings. The molecule has 2 N–H and O–H groups in total. The third-order valence-electron chi connectivity index (χ3n) is 2.48. The van der Waals surface area contributed by atoms with Gasteiger partial charge in [-0.1, -0.05) is 11.6 Å². The van der Waals surface area contributed by atoms with Gasteiger partial charge in [0.1, 0.15) is 5.75 Å². The van der Waals surface area contributed by atoms with Gasteiger partial charge in [-0.2, -0.15) is 0 Å². The molecule has 0 saturated heterocycles. The molecule has 0 heterocycles. The van der Waals surface area contributed by atoms with Crippen LogP contribution in [0.1, 0.15) is 26.3 Å². The Hall–Kier alpha value is -0.770. The first-order valence-corrected chi connectivity index (χ1v) is 6.13. The van der Waals surface area contributed by atoms with E-state index in [4.69, 9.17) is 16.3 Å². The zero-order chi connectivity index (χ0) is 12.9. The van der Waals surface area contributed by atoms with Crippen LogP contribution in [0.2, 0.25) is 5.02 Å². The molecule has 0 amide bonds. The summed E-state index contributed by atoms with van der Waals surface area (Å²) in [7, 11) is 0. The van der Waals surface area contributed by atoms with E-state index in [1.807, 2.05) is 39.0 Å². The lowest BCUT2D eigenvalue weighted by Crippen LogP contribution is -2.42. The molecule has 0 spiro atoms. The molecule has 0 fully saturated rings. The lowest BCUT2D eigenvalue weighted by atomic mass is 10.1. The molecular weight excluding hydrogens is 238 g/mol. The second-order valence-electron chi connectivity index (χ2n) is 4.58. The quantitative estimate of drug-likeness (QED) is 0.823. The molecule has 17 heavy (non-hydrogen) atoms. The molecular formula is C13H20ClNO2. The number of halogens is 1. The maximum Gasteiger partial charge on any atom is 0.123 e. The van der Waals surface area contributed by atoms with Crippen LogP contribution in [0.4, 0.5) is 0 Å². The van der Waals surface area contributed by atoms with Crippen molar-refractivity contribution in [2.24, 2.45) is 0 Å². The third-order valence-corrected chi connectivity index (χ3v) is 2.71. The summed E-state index contributed by atoms with van der Waals surface area (Å²) in [5, 5.41) is 13.1. The van der Waals surface area contributed by atoms with Crippen LogP contribution in [0.5, 0.6) is 5.75 Å². The van der Waals surface area contributed by atoms with E-state index in [0.717, 1.165) is 11.3 Å². The van der Waals surface area contributed by atoms with Crippen LogP contribution < -0.4 is 10.1 Å². The highest BCUT2D eigenvalue weighted by Gasteiger charge is 2.16. The largest absolute Gasteiger partial charge is 0.494 e. The third kappa shape index (κ3) is 4.54. The Balaban J connectivity index is 2.77. The van der Waals surface area contributed by atoms with Gasteiger partial charge in [0.25, 0.3) is 0 Å². The molecule has 0 aromatic heterocycles. The van der Waals surface area contributed by atoms with Gasteiger partial charge in [0.15, 0.2) is 0 Å². The highest BCUT2D eigenvalue weighted by atomic mass is 35.5. The lowest BCUT2D eigenvalue weighted by Gasteiger charge is -2.24. The summed E-state index contributed by atoms with van der Waals surface area (Å²) >= 11 is 5.97. The van der Waals surface area contributed by atoms with Crippen LogP contribution in [0.15, 0.2) is 18.2 Å². The standard InChI is InChI=1S/C13H20ClNO2/c1-4-17-12-6-5-11(14)7-10(12)8-15-13(2,3)9-16/h5-7,15-16H,4,8-9H2,1-3H3. The van der Waals surface area contributed by atoms with Gasteiger partial charge in [-0.05, 0) is 39.0 Å². The summed E-state index contributed by atoms with van der Waals surface area (Å²) in [5.41, 5.74) is 0.687. The van der Waals surface area contributed by atoms with Gasteiger partial charge >= 0.3 is 0 Å². The number of benzene rings is 1. The van der Waals surface area contributed by atoms with E-state index in [-0.39, 0.29) is 12.1 Å². The van der Waals surface area contributed by atoms with Crippen LogP contribution in [0.25, 0.3) is 0 Å². The minimum absolute atomic E-state index is 0.0809. The number of hydrogen-bond donors (Lipinski definition) is 2. The molecule has 1 aromatic carbocycles. The average molecular weight is 258 g/mol. The molecule has 0 radical (unpaired) electrons. The van der Waals surface area contributed by atoms with E-state index in [2.05, 4.69) is 5.32 Å². The Morgan fingerprint density at radius 1 is 1.41 bits per heavy atom. The first-order chi connectivity index (χ1) is 7.98. The van der Waals surface area contributed by atoms with Crippen LogP contribution in [-0.4, -0.2) is 23.9 Å². The molecule has 0 bridgehead atoms. The van der Waals surface area contributed by atoms with Crippen LogP contribution >= 0.6 is 11.6 Å². The van der Waals surface area contributed by atoms with Crippen molar-refractivity contribution >= 4 is 11.6 Å². The molecule has 1 rings (SSSR count). The van der Waals surface area contributed by atoms with Crippen LogP contribution in [0.3, 0.4) is 0 Å². The zero-order valence-electron chi connectivity index (χ0n) is 10.6. The van der Waals surface area contributed by atoms with Gasteiger partial charge in [0, 0.05) is 22.7 Å². The van der Waals surface area contributed by atoms with Crippen molar-refractivity contribution in [2.45, 2.75) is 32.9 Å². The van der Waals surface area contributed by atoms with E-state index < -0.39 is 0 Å². The molecule has 0 saturated carbocycles. The van der Waals surface area contributed by atoms with Gasteiger partial charge in [-0.25, -0.2) is 0 Å². The monoisotopic (exact) mass is 257 g/mol. The first kappa shape index (κ1) is 14.3. The molecule has 0 aliphatic rings. The molecule has 0 atom stereocenters. The molecule has 4 heteroatoms. The minimum atomic E-state index is -0.314. The normalized spacial score (nSPS) is 11.6. The van der Waals surface area contributed by atoms with Crippen molar-refractivity contribution in [1.29, 1.82) is 0 Å². The number of aliphatic hydroxyl groups excluding tert-OH is 1. The summed E-state index contributed by atoms with van der Waals surface area (Å²) in [6, 6.07) is 5.56. The maximum absolute atomic E-state index is 9.18. The van der Waals surface area contributed by atoms with E-state index in [0.29, 0.717) is 18.2 Å². The molecule has 96 valence electrons. The van der Waals surface area contributed by atoms with Crippen molar-refractivity contribution in [2.75, 3.05) is 13.2 Å². The Bertz CT molecular complexity index is 366. The highest BCUT2D eigenvalue weighted by molar-refractivity contribution is 6.30. The number of hydrogen-bond acceptors (Lipinski definition) is 3. The second-order valence-corrected chi connectivity index (χ2v) is 5.02. The van der Waals surface area contributed by atoms with Gasteiger partial charge in [-0.15, -0.1) is 0 Å². The fourth-order valence-corrected chi connectivity index (χ4v) is 1.57. The van der Waals surface area contributed by atoms with Crippen LogP contribution in [0, 0.1) is 0 Å². The van der Waals surface area contributed by atoms with Crippen molar-refractivity contribution < 1.29 is 9.84 Å². The molecule has 0 aliphatic carbocycles. The average Bonchev–Trinajstić information content (AvgIpc) is 2.30. The summed E-state index contributed by atoms with van der Waals surface area (Å²) in [4.78, 5) is 0. The number of nitrogens with one attached hydrogen (secondary N) is 1. The number of rotatable bonds is 6. The maximum atomic E-state index is 9.18. The minimum Gasteiger partial charge on any atom is -0.494 e. The fourth-order valence-electron chi connectivity index (χ4n) is 1.37. The zero-order valence-corrected chi connectivity index (χ0v) is 11.3. The lowest BCUT2D eigenvalue weighted by molar-refractivity contribution is 0.187. The van der Waals surface area contributed by atoms with Gasteiger partial charge in [-0.3, -0.25) is 0 Å². The Morgan fingerprint density at radius 3 is 2.71 bits per heavy atom. The second kappa shape index (κ2) is 6.24. The van der Waals surface area contributed by atoms with E-state index in [9.17, 15) is 5.11 Å². The van der Waals surface area contributed by atoms with E-state index in [1.54, 1.807) is 0 Å².